The van der Waals surface area contributed by atoms with Gasteiger partial charge in [-0.3, -0.25) is 10.00 Å². The number of nitrogens with one attached hydrogen (secondary N) is 2. The van der Waals surface area contributed by atoms with E-state index < -0.39 is 6.23 Å². The van der Waals surface area contributed by atoms with Gasteiger partial charge in [-0.1, -0.05) is 67.1 Å². The fourth-order valence-electron chi connectivity index (χ4n) is 5.55. The van der Waals surface area contributed by atoms with Crippen LogP contribution in [0.15, 0.2) is 103 Å². The van der Waals surface area contributed by atoms with Crippen molar-refractivity contribution in [1.82, 2.24) is 20.4 Å². The smallest absolute Gasteiger partial charge is 0.180 e. The average Bonchev–Trinajstić information content (AvgIpc) is 3.41. The number of halogens is 2. The van der Waals surface area contributed by atoms with Crippen LogP contribution in [0, 0.1) is 5.82 Å². The highest BCUT2D eigenvalue weighted by Gasteiger charge is 2.22. The SMILES string of the molecule is CCC(NCc1ccc2ccccc2c1)c1cc(F)ccc1OC(NCc1ccc2cnn(C)c2c1)c1cc(Cl)ccc1O. The molecular weight excluding hydrogens is 575 g/mol. The van der Waals surface area contributed by atoms with Gasteiger partial charge in [0.15, 0.2) is 6.23 Å². The van der Waals surface area contributed by atoms with Crippen LogP contribution in [-0.4, -0.2) is 14.9 Å². The van der Waals surface area contributed by atoms with E-state index in [1.807, 2.05) is 42.2 Å². The summed E-state index contributed by atoms with van der Waals surface area (Å²) < 4.78 is 23.1. The minimum Gasteiger partial charge on any atom is -0.507 e. The number of phenols is 1. The zero-order valence-electron chi connectivity index (χ0n) is 24.6. The number of aryl methyl sites for hydroxylation is 1. The number of hydrogen-bond acceptors (Lipinski definition) is 5. The van der Waals surface area contributed by atoms with Gasteiger partial charge in [-0.2, -0.15) is 5.10 Å². The number of hydrogen-bond donors (Lipinski definition) is 3. The lowest BCUT2D eigenvalue weighted by Crippen LogP contribution is -2.27. The van der Waals surface area contributed by atoms with Crippen molar-refractivity contribution in [2.24, 2.45) is 7.05 Å². The molecule has 1 aromatic heterocycles. The standard InChI is InChI=1S/C36H34ClFN4O2/c1-3-32(39-20-23-8-10-25-6-4-5-7-26(25)16-23)30-19-29(38)13-15-35(30)44-36(31-18-28(37)12-14-34(31)43)40-21-24-9-11-27-22-41-42(2)33(27)17-24/h4-19,22,32,36,39-40,43H,3,20-21H2,1-2H3. The highest BCUT2D eigenvalue weighted by atomic mass is 35.5. The zero-order chi connectivity index (χ0) is 30.6. The molecule has 0 aliphatic heterocycles. The third kappa shape index (κ3) is 6.55. The maximum absolute atomic E-state index is 14.7. The van der Waals surface area contributed by atoms with Gasteiger partial charge < -0.3 is 15.2 Å². The monoisotopic (exact) mass is 608 g/mol. The van der Waals surface area contributed by atoms with Crippen LogP contribution in [0.3, 0.4) is 0 Å². The first-order chi connectivity index (χ1) is 21.4. The van der Waals surface area contributed by atoms with Crippen molar-refractivity contribution in [3.05, 3.63) is 136 Å². The topological polar surface area (TPSA) is 71.3 Å². The molecule has 8 heteroatoms. The maximum Gasteiger partial charge on any atom is 0.180 e. The number of nitrogens with zero attached hydrogens (tertiary/aromatic N) is 2. The number of rotatable bonds is 11. The summed E-state index contributed by atoms with van der Waals surface area (Å²) in [5, 5.41) is 26.1. The number of ether oxygens (including phenoxy) is 1. The molecule has 0 saturated carbocycles. The lowest BCUT2D eigenvalue weighted by molar-refractivity contribution is 0.157. The minimum absolute atomic E-state index is 0.0409. The minimum atomic E-state index is -0.780. The zero-order valence-corrected chi connectivity index (χ0v) is 25.4. The molecule has 6 aromatic rings. The largest absolute Gasteiger partial charge is 0.507 e. The second kappa shape index (κ2) is 13.1. The van der Waals surface area contributed by atoms with E-state index in [0.29, 0.717) is 41.4 Å². The first-order valence-electron chi connectivity index (χ1n) is 14.7. The Kier molecular flexibility index (Phi) is 8.79. The summed E-state index contributed by atoms with van der Waals surface area (Å²) in [6.07, 6.45) is 1.76. The van der Waals surface area contributed by atoms with Gasteiger partial charge in [0.05, 0.1) is 17.3 Å². The molecule has 44 heavy (non-hydrogen) atoms. The van der Waals surface area contributed by atoms with Crippen LogP contribution in [-0.2, 0) is 20.1 Å². The van der Waals surface area contributed by atoms with E-state index in [1.54, 1.807) is 24.3 Å². The van der Waals surface area contributed by atoms with Crippen LogP contribution in [0.4, 0.5) is 4.39 Å². The van der Waals surface area contributed by atoms with E-state index in [-0.39, 0.29) is 17.6 Å². The summed E-state index contributed by atoms with van der Waals surface area (Å²) in [5.41, 5.74) is 4.33. The van der Waals surface area contributed by atoms with Crippen LogP contribution in [0.1, 0.15) is 47.9 Å². The van der Waals surface area contributed by atoms with Gasteiger partial charge in [0, 0.05) is 42.2 Å². The van der Waals surface area contributed by atoms with Crippen LogP contribution in [0.5, 0.6) is 11.5 Å². The lowest BCUT2D eigenvalue weighted by atomic mass is 10.0. The van der Waals surface area contributed by atoms with Crippen LogP contribution >= 0.6 is 11.6 Å². The fourth-order valence-corrected chi connectivity index (χ4v) is 5.73. The van der Waals surface area contributed by atoms with E-state index >= 15 is 0 Å². The molecule has 6 nitrogen and oxygen atoms in total. The van der Waals surface area contributed by atoms with Crippen LogP contribution < -0.4 is 15.4 Å². The fraction of sp³-hybridized carbons (Fsp3) is 0.194. The molecule has 0 aliphatic rings. The first-order valence-corrected chi connectivity index (χ1v) is 15.1. The van der Waals surface area contributed by atoms with Crippen molar-refractivity contribution in [2.45, 2.75) is 38.7 Å². The normalized spacial score (nSPS) is 12.9. The van der Waals surface area contributed by atoms with Gasteiger partial charge in [-0.25, -0.2) is 4.39 Å². The third-order valence-electron chi connectivity index (χ3n) is 7.94. The summed E-state index contributed by atoms with van der Waals surface area (Å²) in [4.78, 5) is 0. The quantitative estimate of drug-likeness (QED) is 0.129. The molecule has 0 fully saturated rings. The third-order valence-corrected chi connectivity index (χ3v) is 8.18. The number of fused-ring (bicyclic) bond motifs is 2. The van der Waals surface area contributed by atoms with E-state index in [0.717, 1.165) is 22.0 Å². The summed E-state index contributed by atoms with van der Waals surface area (Å²) in [6, 6.07) is 30.0. The molecule has 0 radical (unpaired) electrons. The molecule has 0 saturated heterocycles. The molecule has 3 N–H and O–H groups in total. The first kappa shape index (κ1) is 29.6. The lowest BCUT2D eigenvalue weighted by Gasteiger charge is -2.26. The predicted molar refractivity (Wildman–Crippen MR) is 174 cm³/mol. The Hall–Kier alpha value is -4.43. The van der Waals surface area contributed by atoms with Gasteiger partial charge in [-0.05, 0) is 76.9 Å². The molecule has 2 unspecified atom stereocenters. The Morgan fingerprint density at radius 2 is 1.59 bits per heavy atom. The van der Waals surface area contributed by atoms with Crippen LogP contribution in [0.2, 0.25) is 5.02 Å². The molecule has 0 amide bonds. The van der Waals surface area contributed by atoms with E-state index in [1.165, 1.54) is 22.9 Å². The highest BCUT2D eigenvalue weighted by molar-refractivity contribution is 6.30. The highest BCUT2D eigenvalue weighted by Crippen LogP contribution is 2.35. The molecule has 0 spiro atoms. The molecule has 0 bridgehead atoms. The molecule has 0 aliphatic carbocycles. The number of benzene rings is 5. The van der Waals surface area contributed by atoms with Gasteiger partial charge >= 0.3 is 0 Å². The number of phenolic OH excluding ortho intramolecular Hbond substituents is 1. The summed E-state index contributed by atoms with van der Waals surface area (Å²) in [7, 11) is 1.91. The molecular formula is C36H34ClFN4O2. The number of aromatic hydroxyl groups is 1. The Morgan fingerprint density at radius 3 is 2.41 bits per heavy atom. The predicted octanol–water partition coefficient (Wildman–Crippen LogP) is 8.33. The Morgan fingerprint density at radius 1 is 0.841 bits per heavy atom. The Balaban J connectivity index is 1.27. The summed E-state index contributed by atoms with van der Waals surface area (Å²) in [5.74, 6) is 0.195. The van der Waals surface area contributed by atoms with Gasteiger partial charge in [0.2, 0.25) is 0 Å². The van der Waals surface area contributed by atoms with Crippen molar-refractivity contribution in [3.63, 3.8) is 0 Å². The van der Waals surface area contributed by atoms with Crippen molar-refractivity contribution < 1.29 is 14.2 Å². The molecule has 2 atom stereocenters. The molecule has 224 valence electrons. The van der Waals surface area contributed by atoms with Crippen molar-refractivity contribution >= 4 is 33.3 Å². The maximum atomic E-state index is 14.7. The number of aromatic nitrogens is 2. The van der Waals surface area contributed by atoms with E-state index in [4.69, 9.17) is 16.3 Å². The summed E-state index contributed by atoms with van der Waals surface area (Å²) in [6.45, 7) is 3.10. The van der Waals surface area contributed by atoms with Gasteiger partial charge in [0.1, 0.15) is 17.3 Å². The molecule has 1 heterocycles. The Bertz CT molecular complexity index is 1920. The van der Waals surface area contributed by atoms with E-state index in [2.05, 4.69) is 59.1 Å². The van der Waals surface area contributed by atoms with Crippen LogP contribution in [0.25, 0.3) is 21.7 Å². The van der Waals surface area contributed by atoms with Crippen molar-refractivity contribution in [2.75, 3.05) is 0 Å². The van der Waals surface area contributed by atoms with Gasteiger partial charge in [-0.15, -0.1) is 0 Å². The molecule has 6 rings (SSSR count). The van der Waals surface area contributed by atoms with Gasteiger partial charge in [0.25, 0.3) is 0 Å². The van der Waals surface area contributed by atoms with Crippen molar-refractivity contribution in [3.8, 4) is 11.5 Å². The second-order valence-corrected chi connectivity index (χ2v) is 11.4. The molecule has 5 aromatic carbocycles. The second-order valence-electron chi connectivity index (χ2n) is 10.9. The summed E-state index contributed by atoms with van der Waals surface area (Å²) >= 11 is 6.35. The van der Waals surface area contributed by atoms with E-state index in [9.17, 15) is 9.50 Å². The Labute approximate surface area is 261 Å². The average molecular weight is 609 g/mol. The van der Waals surface area contributed by atoms with Crippen molar-refractivity contribution in [1.29, 1.82) is 0 Å².